The average molecular weight is 337 g/mol. The van der Waals surface area contributed by atoms with Crippen LogP contribution in [0.3, 0.4) is 0 Å². The predicted molar refractivity (Wildman–Crippen MR) is 67.0 cm³/mol. The largest absolute Gasteiger partial charge is 0.298 e. The molecular formula is C9H4BrClFN3OS. The highest BCUT2D eigenvalue weighted by molar-refractivity contribution is 9.11. The molecule has 8 heteroatoms. The number of nitrogens with one attached hydrogen (secondary N) is 1. The maximum atomic E-state index is 12.9. The number of thiazole rings is 1. The number of amides is 1. The number of carbonyl (C=O) groups excluding carboxylic acids is 1. The molecule has 2 rings (SSSR count). The van der Waals surface area contributed by atoms with Crippen molar-refractivity contribution >= 4 is 49.9 Å². The predicted octanol–water partition coefficient (Wildman–Crippen LogP) is 3.35. The molecular weight excluding hydrogens is 333 g/mol. The third kappa shape index (κ3) is 2.99. The number of halogens is 3. The number of anilines is 1. The van der Waals surface area contributed by atoms with Crippen molar-refractivity contribution in [3.8, 4) is 0 Å². The molecule has 0 fully saturated rings. The first-order valence-electron chi connectivity index (χ1n) is 4.30. The molecule has 0 saturated heterocycles. The molecule has 0 saturated carbocycles. The van der Waals surface area contributed by atoms with Crippen molar-refractivity contribution in [1.29, 1.82) is 0 Å². The summed E-state index contributed by atoms with van der Waals surface area (Å²) in [5.41, 5.74) is -0.0296. The van der Waals surface area contributed by atoms with Gasteiger partial charge in [0.25, 0.3) is 5.91 Å². The lowest BCUT2D eigenvalue weighted by molar-refractivity contribution is 0.102. The highest BCUT2D eigenvalue weighted by atomic mass is 79.9. The molecule has 2 heterocycles. The monoisotopic (exact) mass is 335 g/mol. The van der Waals surface area contributed by atoms with Gasteiger partial charge in [0.05, 0.1) is 21.7 Å². The lowest BCUT2D eigenvalue weighted by Gasteiger charge is -2.02. The van der Waals surface area contributed by atoms with E-state index in [1.807, 2.05) is 0 Å². The van der Waals surface area contributed by atoms with Crippen molar-refractivity contribution in [3.63, 3.8) is 0 Å². The maximum Gasteiger partial charge on any atom is 0.260 e. The second kappa shape index (κ2) is 5.07. The molecule has 0 aliphatic heterocycles. The summed E-state index contributed by atoms with van der Waals surface area (Å²) in [5, 5.41) is 2.83. The normalized spacial score (nSPS) is 10.3. The molecule has 88 valence electrons. The quantitative estimate of drug-likeness (QED) is 0.856. The summed E-state index contributed by atoms with van der Waals surface area (Å²) < 4.78 is 13.7. The molecule has 0 bridgehead atoms. The number of carbonyl (C=O) groups is 1. The fraction of sp³-hybridized carbons (Fsp3) is 0. The lowest BCUT2D eigenvalue weighted by Crippen LogP contribution is -2.13. The number of nitrogens with zero attached hydrogens (tertiary/aromatic N) is 2. The summed E-state index contributed by atoms with van der Waals surface area (Å²) in [6.45, 7) is 0. The van der Waals surface area contributed by atoms with E-state index in [0.717, 1.165) is 16.0 Å². The van der Waals surface area contributed by atoms with Crippen LogP contribution in [0.25, 0.3) is 0 Å². The van der Waals surface area contributed by atoms with Crippen LogP contribution in [0, 0.1) is 5.82 Å². The highest BCUT2D eigenvalue weighted by Crippen LogP contribution is 2.24. The standard InChI is InChI=1S/C9H4BrClFN3OS/c10-6-3-14-9(17-6)15-8(16)5-1-4(12)2-13-7(5)11/h1-3H,(H,14,15,16). The topological polar surface area (TPSA) is 54.9 Å². The average Bonchev–Trinajstić information content (AvgIpc) is 2.67. The molecule has 0 unspecified atom stereocenters. The Bertz CT molecular complexity index is 577. The van der Waals surface area contributed by atoms with E-state index in [-0.39, 0.29) is 10.7 Å². The van der Waals surface area contributed by atoms with E-state index in [4.69, 9.17) is 11.6 Å². The summed E-state index contributed by atoms with van der Waals surface area (Å²) in [5.74, 6) is -1.18. The summed E-state index contributed by atoms with van der Waals surface area (Å²) in [6.07, 6.45) is 2.49. The molecule has 17 heavy (non-hydrogen) atoms. The first-order chi connectivity index (χ1) is 8.06. The Kier molecular flexibility index (Phi) is 3.70. The Hall–Kier alpha value is -1.05. The minimum atomic E-state index is -0.625. The molecule has 0 radical (unpaired) electrons. The zero-order valence-corrected chi connectivity index (χ0v) is 11.2. The fourth-order valence-electron chi connectivity index (χ4n) is 1.06. The van der Waals surface area contributed by atoms with Crippen molar-refractivity contribution in [1.82, 2.24) is 9.97 Å². The van der Waals surface area contributed by atoms with Crippen molar-refractivity contribution < 1.29 is 9.18 Å². The van der Waals surface area contributed by atoms with Crippen LogP contribution in [0.2, 0.25) is 5.15 Å². The zero-order chi connectivity index (χ0) is 12.4. The Labute approximate surface area is 113 Å². The molecule has 2 aromatic heterocycles. The molecule has 2 aromatic rings. The van der Waals surface area contributed by atoms with Gasteiger partial charge < -0.3 is 0 Å². The van der Waals surface area contributed by atoms with E-state index in [9.17, 15) is 9.18 Å². The first-order valence-corrected chi connectivity index (χ1v) is 6.29. The van der Waals surface area contributed by atoms with Crippen molar-refractivity contribution in [2.24, 2.45) is 0 Å². The Morgan fingerprint density at radius 1 is 1.47 bits per heavy atom. The zero-order valence-electron chi connectivity index (χ0n) is 8.08. The van der Waals surface area contributed by atoms with Gasteiger partial charge >= 0.3 is 0 Å². The summed E-state index contributed by atoms with van der Waals surface area (Å²) >= 11 is 10.1. The van der Waals surface area contributed by atoms with E-state index >= 15 is 0 Å². The van der Waals surface area contributed by atoms with E-state index in [1.54, 1.807) is 6.20 Å². The number of hydrogen-bond acceptors (Lipinski definition) is 4. The third-order valence-electron chi connectivity index (χ3n) is 1.75. The maximum absolute atomic E-state index is 12.9. The molecule has 4 nitrogen and oxygen atoms in total. The van der Waals surface area contributed by atoms with Gasteiger partial charge in [-0.3, -0.25) is 10.1 Å². The minimum Gasteiger partial charge on any atom is -0.298 e. The smallest absolute Gasteiger partial charge is 0.260 e. The van der Waals surface area contributed by atoms with Gasteiger partial charge in [-0.25, -0.2) is 14.4 Å². The van der Waals surface area contributed by atoms with Crippen LogP contribution in [0.1, 0.15) is 10.4 Å². The van der Waals surface area contributed by atoms with E-state index in [1.165, 1.54) is 11.3 Å². The van der Waals surface area contributed by atoms with Gasteiger partial charge in [0.15, 0.2) is 5.13 Å². The summed E-state index contributed by atoms with van der Waals surface area (Å²) in [4.78, 5) is 19.2. The van der Waals surface area contributed by atoms with Crippen LogP contribution in [-0.2, 0) is 0 Å². The number of aromatic nitrogens is 2. The fourth-order valence-corrected chi connectivity index (χ4v) is 2.35. The molecule has 0 atom stereocenters. The second-order valence-electron chi connectivity index (χ2n) is 2.92. The summed E-state index contributed by atoms with van der Waals surface area (Å²) in [6, 6.07) is 1.02. The van der Waals surface area contributed by atoms with E-state index in [2.05, 4.69) is 31.2 Å². The van der Waals surface area contributed by atoms with Crippen LogP contribution in [0.5, 0.6) is 0 Å². The summed E-state index contributed by atoms with van der Waals surface area (Å²) in [7, 11) is 0. The third-order valence-corrected chi connectivity index (χ3v) is 3.44. The number of hydrogen-bond donors (Lipinski definition) is 1. The first kappa shape index (κ1) is 12.4. The molecule has 0 spiro atoms. The highest BCUT2D eigenvalue weighted by Gasteiger charge is 2.14. The Morgan fingerprint density at radius 3 is 2.88 bits per heavy atom. The SMILES string of the molecule is O=C(Nc1ncc(Br)s1)c1cc(F)cnc1Cl. The van der Waals surface area contributed by atoms with Gasteiger partial charge in [-0.05, 0) is 22.0 Å². The molecule has 1 N–H and O–H groups in total. The molecule has 1 amide bonds. The van der Waals surface area contributed by atoms with Crippen LogP contribution in [0.4, 0.5) is 9.52 Å². The van der Waals surface area contributed by atoms with Crippen molar-refractivity contribution in [2.45, 2.75) is 0 Å². The van der Waals surface area contributed by atoms with Crippen molar-refractivity contribution in [3.05, 3.63) is 38.8 Å². The second-order valence-corrected chi connectivity index (χ2v) is 5.68. The van der Waals surface area contributed by atoms with Crippen LogP contribution in [0.15, 0.2) is 22.2 Å². The minimum absolute atomic E-state index is 0.0296. The molecule has 0 aromatic carbocycles. The van der Waals surface area contributed by atoms with E-state index in [0.29, 0.717) is 5.13 Å². The lowest BCUT2D eigenvalue weighted by atomic mass is 10.2. The van der Waals surface area contributed by atoms with Gasteiger partial charge in [0, 0.05) is 0 Å². The Balaban J connectivity index is 2.22. The van der Waals surface area contributed by atoms with Gasteiger partial charge in [0.1, 0.15) is 11.0 Å². The molecule has 0 aliphatic carbocycles. The van der Waals surface area contributed by atoms with Crippen LogP contribution < -0.4 is 5.32 Å². The van der Waals surface area contributed by atoms with Gasteiger partial charge in [-0.1, -0.05) is 22.9 Å². The number of pyridine rings is 1. The molecule has 0 aliphatic rings. The van der Waals surface area contributed by atoms with Gasteiger partial charge in [0.2, 0.25) is 0 Å². The van der Waals surface area contributed by atoms with Gasteiger partial charge in [-0.15, -0.1) is 0 Å². The van der Waals surface area contributed by atoms with E-state index < -0.39 is 11.7 Å². The van der Waals surface area contributed by atoms with Crippen LogP contribution >= 0.6 is 38.9 Å². The number of rotatable bonds is 2. The van der Waals surface area contributed by atoms with Crippen molar-refractivity contribution in [2.75, 3.05) is 5.32 Å². The van der Waals surface area contributed by atoms with Crippen LogP contribution in [-0.4, -0.2) is 15.9 Å². The Morgan fingerprint density at radius 2 is 2.24 bits per heavy atom. The van der Waals surface area contributed by atoms with Gasteiger partial charge in [-0.2, -0.15) is 0 Å².